The fourth-order valence-electron chi connectivity index (χ4n) is 3.56. The first kappa shape index (κ1) is 21.8. The van der Waals surface area contributed by atoms with Gasteiger partial charge in [0.05, 0.1) is 12.8 Å². The summed E-state index contributed by atoms with van der Waals surface area (Å²) >= 11 is 0. The van der Waals surface area contributed by atoms with Crippen molar-refractivity contribution in [2.45, 2.75) is 50.7 Å². The molecule has 1 saturated carbocycles. The van der Waals surface area contributed by atoms with Gasteiger partial charge in [-0.1, -0.05) is 30.3 Å². The third kappa shape index (κ3) is 6.53. The van der Waals surface area contributed by atoms with Gasteiger partial charge in [0.2, 0.25) is 0 Å². The Labute approximate surface area is 178 Å². The predicted octanol–water partition coefficient (Wildman–Crippen LogP) is 4.21. The van der Waals surface area contributed by atoms with Crippen LogP contribution in [-0.4, -0.2) is 30.2 Å². The van der Waals surface area contributed by atoms with Crippen molar-refractivity contribution in [1.82, 2.24) is 10.6 Å². The third-order valence-corrected chi connectivity index (χ3v) is 4.98. The van der Waals surface area contributed by atoms with Gasteiger partial charge in [0, 0.05) is 12.6 Å². The molecule has 0 radical (unpaired) electrons. The molecule has 148 valence electrons. The number of nitrogens with zero attached hydrogens (tertiary/aromatic N) is 1. The van der Waals surface area contributed by atoms with Crippen molar-refractivity contribution in [3.05, 3.63) is 60.1 Å². The molecule has 0 bridgehead atoms. The molecule has 1 aliphatic rings. The Morgan fingerprint density at radius 1 is 1.15 bits per heavy atom. The topological polar surface area (TPSA) is 69.8 Å². The molecule has 0 saturated heterocycles. The maximum absolute atomic E-state index is 10.1. The monoisotopic (exact) mass is 483 g/mol. The Morgan fingerprint density at radius 2 is 1.89 bits per heavy atom. The van der Waals surface area contributed by atoms with Crippen LogP contribution >= 0.6 is 24.0 Å². The van der Waals surface area contributed by atoms with Gasteiger partial charge in [-0.2, -0.15) is 0 Å². The van der Waals surface area contributed by atoms with Gasteiger partial charge in [0.15, 0.2) is 5.96 Å². The summed E-state index contributed by atoms with van der Waals surface area (Å²) in [6, 6.07) is 14.8. The molecule has 3 N–H and O–H groups in total. The fraction of sp³-hybridized carbons (Fsp3) is 0.476. The number of aliphatic hydroxyl groups excluding tert-OH is 1. The van der Waals surface area contributed by atoms with E-state index >= 15 is 0 Å². The highest BCUT2D eigenvalue weighted by atomic mass is 127. The zero-order chi connectivity index (χ0) is 18.2. The highest BCUT2D eigenvalue weighted by Gasteiger charge is 2.23. The van der Waals surface area contributed by atoms with Gasteiger partial charge in [-0.05, 0) is 56.2 Å². The van der Waals surface area contributed by atoms with Crippen LogP contribution < -0.4 is 10.6 Å². The summed E-state index contributed by atoms with van der Waals surface area (Å²) in [4.78, 5) is 4.53. The SMILES string of the molecule is CCNC(=NCC(O)c1ccco1)NC1CCC(c2ccccc2)CC1.I. The Bertz CT molecular complexity index is 668. The van der Waals surface area contributed by atoms with Gasteiger partial charge in [0.25, 0.3) is 0 Å². The van der Waals surface area contributed by atoms with E-state index in [4.69, 9.17) is 4.42 Å². The third-order valence-electron chi connectivity index (χ3n) is 4.98. The van der Waals surface area contributed by atoms with Crippen LogP contribution in [0.1, 0.15) is 56.0 Å². The molecule has 1 aromatic carbocycles. The number of furan rings is 1. The maximum atomic E-state index is 10.1. The zero-order valence-electron chi connectivity index (χ0n) is 15.8. The normalized spacial score (nSPS) is 21.2. The van der Waals surface area contributed by atoms with Crippen LogP contribution in [0, 0.1) is 0 Å². The number of benzene rings is 1. The molecule has 1 aromatic heterocycles. The molecule has 5 nitrogen and oxygen atoms in total. The van der Waals surface area contributed by atoms with E-state index in [0.29, 0.717) is 17.7 Å². The van der Waals surface area contributed by atoms with Crippen molar-refractivity contribution in [3.8, 4) is 0 Å². The molecule has 0 aliphatic heterocycles. The summed E-state index contributed by atoms with van der Waals surface area (Å²) in [6.07, 6.45) is 5.49. The molecule has 2 aromatic rings. The van der Waals surface area contributed by atoms with E-state index in [1.165, 1.54) is 18.4 Å². The standard InChI is InChI=1S/C21H29N3O2.HI/c1-2-22-21(23-15-19(25)20-9-6-14-26-20)24-18-12-10-17(11-13-18)16-7-4-3-5-8-16;/h3-9,14,17-19,25H,2,10-13,15H2,1H3,(H2,22,23,24);1H. The summed E-state index contributed by atoms with van der Waals surface area (Å²) in [5.41, 5.74) is 1.45. The first-order valence-electron chi connectivity index (χ1n) is 9.57. The lowest BCUT2D eigenvalue weighted by Gasteiger charge is -2.30. The molecule has 1 unspecified atom stereocenters. The van der Waals surface area contributed by atoms with Crippen LogP contribution in [0.3, 0.4) is 0 Å². The minimum Gasteiger partial charge on any atom is -0.467 e. The van der Waals surface area contributed by atoms with Crippen molar-refractivity contribution < 1.29 is 9.52 Å². The van der Waals surface area contributed by atoms with E-state index in [0.717, 1.165) is 25.3 Å². The molecule has 1 atom stereocenters. The van der Waals surface area contributed by atoms with Gasteiger partial charge in [-0.25, -0.2) is 0 Å². The van der Waals surface area contributed by atoms with Crippen molar-refractivity contribution >= 4 is 29.9 Å². The summed E-state index contributed by atoms with van der Waals surface area (Å²) in [5.74, 6) is 1.98. The number of aliphatic imine (C=N–C) groups is 1. The number of guanidine groups is 1. The number of rotatable bonds is 6. The molecular formula is C21H30IN3O2. The highest BCUT2D eigenvalue weighted by Crippen LogP contribution is 2.32. The Hall–Kier alpha value is -1.54. The molecular weight excluding hydrogens is 453 g/mol. The van der Waals surface area contributed by atoms with Crippen LogP contribution in [0.5, 0.6) is 0 Å². The van der Waals surface area contributed by atoms with E-state index in [2.05, 4.69) is 46.0 Å². The van der Waals surface area contributed by atoms with E-state index < -0.39 is 6.10 Å². The van der Waals surface area contributed by atoms with E-state index in [1.54, 1.807) is 18.4 Å². The minimum absolute atomic E-state index is 0. The molecule has 1 fully saturated rings. The smallest absolute Gasteiger partial charge is 0.191 e. The second kappa shape index (κ2) is 11.3. The molecule has 27 heavy (non-hydrogen) atoms. The molecule has 0 amide bonds. The van der Waals surface area contributed by atoms with E-state index in [9.17, 15) is 5.11 Å². The number of aliphatic hydroxyl groups is 1. The van der Waals surface area contributed by atoms with E-state index in [1.807, 2.05) is 6.92 Å². The van der Waals surface area contributed by atoms with Crippen molar-refractivity contribution in [1.29, 1.82) is 0 Å². The lowest BCUT2D eigenvalue weighted by molar-refractivity contribution is 0.158. The lowest BCUT2D eigenvalue weighted by atomic mass is 9.82. The van der Waals surface area contributed by atoms with E-state index in [-0.39, 0.29) is 30.5 Å². The number of hydrogen-bond donors (Lipinski definition) is 3. The Kier molecular flexibility index (Phi) is 9.14. The molecule has 0 spiro atoms. The van der Waals surface area contributed by atoms with Crippen molar-refractivity contribution in [2.75, 3.05) is 13.1 Å². The summed E-state index contributed by atoms with van der Waals surface area (Å²) < 4.78 is 5.23. The molecule has 1 heterocycles. The van der Waals surface area contributed by atoms with Crippen LogP contribution in [0.2, 0.25) is 0 Å². The van der Waals surface area contributed by atoms with Gasteiger partial charge in [-0.15, -0.1) is 24.0 Å². The summed E-state index contributed by atoms with van der Waals surface area (Å²) in [7, 11) is 0. The van der Waals surface area contributed by atoms with Gasteiger partial charge in [-0.3, -0.25) is 4.99 Å². The second-order valence-electron chi connectivity index (χ2n) is 6.85. The fourth-order valence-corrected chi connectivity index (χ4v) is 3.56. The van der Waals surface area contributed by atoms with Crippen LogP contribution in [0.25, 0.3) is 0 Å². The van der Waals surface area contributed by atoms with Crippen molar-refractivity contribution in [2.24, 2.45) is 4.99 Å². The van der Waals surface area contributed by atoms with Crippen LogP contribution in [0.15, 0.2) is 58.1 Å². The summed E-state index contributed by atoms with van der Waals surface area (Å²) in [5, 5.41) is 16.9. The average molecular weight is 483 g/mol. The van der Waals surface area contributed by atoms with Gasteiger partial charge in [0.1, 0.15) is 11.9 Å². The maximum Gasteiger partial charge on any atom is 0.191 e. The Balaban J connectivity index is 0.00000261. The van der Waals surface area contributed by atoms with Crippen molar-refractivity contribution in [3.63, 3.8) is 0 Å². The zero-order valence-corrected chi connectivity index (χ0v) is 18.1. The quantitative estimate of drug-likeness (QED) is 0.327. The lowest BCUT2D eigenvalue weighted by Crippen LogP contribution is -2.44. The van der Waals surface area contributed by atoms with Gasteiger partial charge >= 0.3 is 0 Å². The minimum atomic E-state index is -0.714. The number of hydrogen-bond acceptors (Lipinski definition) is 3. The number of halogens is 1. The molecule has 6 heteroatoms. The number of nitrogens with one attached hydrogen (secondary N) is 2. The first-order chi connectivity index (χ1) is 12.8. The summed E-state index contributed by atoms with van der Waals surface area (Å²) in [6.45, 7) is 3.12. The molecule has 3 rings (SSSR count). The average Bonchev–Trinajstić information content (AvgIpc) is 3.22. The molecule has 1 aliphatic carbocycles. The van der Waals surface area contributed by atoms with Crippen LogP contribution in [0.4, 0.5) is 0 Å². The second-order valence-corrected chi connectivity index (χ2v) is 6.85. The van der Waals surface area contributed by atoms with Gasteiger partial charge < -0.3 is 20.2 Å². The Morgan fingerprint density at radius 3 is 2.52 bits per heavy atom. The predicted molar refractivity (Wildman–Crippen MR) is 120 cm³/mol. The highest BCUT2D eigenvalue weighted by molar-refractivity contribution is 14.0. The van der Waals surface area contributed by atoms with Crippen LogP contribution in [-0.2, 0) is 0 Å². The first-order valence-corrected chi connectivity index (χ1v) is 9.57. The largest absolute Gasteiger partial charge is 0.467 e.